The van der Waals surface area contributed by atoms with Gasteiger partial charge < -0.3 is 19.7 Å². The minimum atomic E-state index is -0.674. The quantitative estimate of drug-likeness (QED) is 0.215. The van der Waals surface area contributed by atoms with E-state index in [0.717, 1.165) is 41.4 Å². The van der Waals surface area contributed by atoms with Crippen molar-refractivity contribution in [3.05, 3.63) is 66.2 Å². The van der Waals surface area contributed by atoms with Crippen LogP contribution in [-0.2, 0) is 10.3 Å². The highest BCUT2D eigenvalue weighted by Gasteiger charge is 2.45. The van der Waals surface area contributed by atoms with Gasteiger partial charge in [0.15, 0.2) is 0 Å². The maximum absolute atomic E-state index is 12.2. The second-order valence-corrected chi connectivity index (χ2v) is 8.82. The second kappa shape index (κ2) is 8.85. The number of nitrogens with one attached hydrogen (secondary N) is 2. The monoisotopic (exact) mass is 459 g/mol. The summed E-state index contributed by atoms with van der Waals surface area (Å²) in [7, 11) is 0. The summed E-state index contributed by atoms with van der Waals surface area (Å²) in [4.78, 5) is 23.3. The first-order chi connectivity index (χ1) is 16.5. The minimum Gasteiger partial charge on any atom is -0.462 e. The number of hydrogen-bond donors (Lipinski definition) is 2. The van der Waals surface area contributed by atoms with E-state index in [1.807, 2.05) is 30.3 Å². The number of likely N-dealkylation sites (tertiary alicyclic amines) is 1. The molecule has 4 heterocycles. The van der Waals surface area contributed by atoms with Crippen molar-refractivity contribution < 1.29 is 14.3 Å². The van der Waals surface area contributed by atoms with Gasteiger partial charge >= 0.3 is 6.09 Å². The number of rotatable bonds is 6. The third kappa shape index (κ3) is 4.23. The second-order valence-electron chi connectivity index (χ2n) is 8.82. The number of amidine groups is 1. The summed E-state index contributed by atoms with van der Waals surface area (Å²) >= 11 is 0. The molecule has 1 saturated heterocycles. The maximum Gasteiger partial charge on any atom is 0.413 e. The van der Waals surface area contributed by atoms with Crippen LogP contribution in [0.3, 0.4) is 0 Å². The molecule has 0 saturated carbocycles. The third-order valence-corrected chi connectivity index (χ3v) is 6.47. The molecule has 1 aromatic carbocycles. The lowest BCUT2D eigenvalue weighted by atomic mass is 9.83. The van der Waals surface area contributed by atoms with E-state index in [4.69, 9.17) is 9.47 Å². The standard InChI is InChI=1S/C26H29N5O3/c1-4-7-18(33-19-14-17(3)23-21(15-19)29-23)16-22(27-5-2)31-12-9-26(10-13-31)20-8-6-11-28-24(20)30-25(32)34-26/h5-6,8,11,14-16,29H,2,4,7,9-10,12-13H2,1,3H3,(H,28,30,32)/b18-16+,27-22?. The van der Waals surface area contributed by atoms with Crippen LogP contribution in [-0.4, -0.2) is 34.9 Å². The molecule has 34 heavy (non-hydrogen) atoms. The predicted octanol–water partition coefficient (Wildman–Crippen LogP) is 5.61. The van der Waals surface area contributed by atoms with Crippen molar-refractivity contribution in [3.8, 4) is 5.75 Å². The molecule has 0 aliphatic carbocycles. The van der Waals surface area contributed by atoms with Gasteiger partial charge in [-0.3, -0.25) is 5.32 Å². The fraction of sp³-hybridized carbons (Fsp3) is 0.346. The molecule has 0 radical (unpaired) electrons. The summed E-state index contributed by atoms with van der Waals surface area (Å²) in [6.07, 6.45) is 7.80. The van der Waals surface area contributed by atoms with Crippen molar-refractivity contribution in [2.45, 2.75) is 45.1 Å². The largest absolute Gasteiger partial charge is 0.462 e. The number of nitrogens with zero attached hydrogens (tertiary/aromatic N) is 3. The lowest BCUT2D eigenvalue weighted by Gasteiger charge is -2.44. The topological polar surface area (TPSA) is 98.0 Å². The van der Waals surface area contributed by atoms with Crippen LogP contribution in [0.25, 0.3) is 0 Å². The van der Waals surface area contributed by atoms with E-state index >= 15 is 0 Å². The highest BCUT2D eigenvalue weighted by Crippen LogP contribution is 2.45. The molecule has 5 rings (SSSR count). The van der Waals surface area contributed by atoms with Crippen molar-refractivity contribution in [2.24, 2.45) is 4.99 Å². The zero-order valence-corrected chi connectivity index (χ0v) is 19.6. The lowest BCUT2D eigenvalue weighted by Crippen LogP contribution is -2.49. The Morgan fingerprint density at radius 1 is 1.35 bits per heavy atom. The molecule has 3 aliphatic rings. The van der Waals surface area contributed by atoms with Gasteiger partial charge in [-0.25, -0.2) is 14.8 Å². The number of piperidine rings is 1. The van der Waals surface area contributed by atoms with E-state index in [-0.39, 0.29) is 0 Å². The van der Waals surface area contributed by atoms with Gasteiger partial charge in [0.2, 0.25) is 0 Å². The first-order valence-electron chi connectivity index (χ1n) is 11.7. The molecule has 1 amide bonds. The number of anilines is 3. The number of allylic oxidation sites excluding steroid dienone is 1. The number of carbonyl (C=O) groups excluding carboxylic acids is 1. The van der Waals surface area contributed by atoms with Gasteiger partial charge in [-0.15, -0.1) is 0 Å². The number of fused-ring (bicyclic) bond motifs is 3. The summed E-state index contributed by atoms with van der Waals surface area (Å²) in [6.45, 7) is 9.35. The Bertz CT molecular complexity index is 1190. The van der Waals surface area contributed by atoms with Gasteiger partial charge in [0, 0.05) is 62.5 Å². The number of hydrogen-bond acceptors (Lipinski definition) is 6. The van der Waals surface area contributed by atoms with Crippen LogP contribution in [0.4, 0.5) is 22.0 Å². The number of aryl methyl sites for hydroxylation is 1. The number of aliphatic imine (C=N–C) groups is 1. The Balaban J connectivity index is 1.35. The summed E-state index contributed by atoms with van der Waals surface area (Å²) < 4.78 is 12.1. The van der Waals surface area contributed by atoms with Crippen molar-refractivity contribution in [1.82, 2.24) is 9.88 Å². The molecule has 8 nitrogen and oxygen atoms in total. The van der Waals surface area contributed by atoms with Crippen molar-refractivity contribution in [2.75, 3.05) is 23.7 Å². The van der Waals surface area contributed by atoms with E-state index < -0.39 is 11.7 Å². The summed E-state index contributed by atoms with van der Waals surface area (Å²) in [5, 5.41) is 5.97. The average molecular weight is 460 g/mol. The number of aromatic nitrogens is 1. The maximum atomic E-state index is 12.2. The first-order valence-corrected chi connectivity index (χ1v) is 11.7. The van der Waals surface area contributed by atoms with Crippen LogP contribution in [0.5, 0.6) is 5.75 Å². The fourth-order valence-electron chi connectivity index (χ4n) is 4.74. The van der Waals surface area contributed by atoms with Crippen LogP contribution in [0.15, 0.2) is 60.1 Å². The molecule has 3 aliphatic heterocycles. The minimum absolute atomic E-state index is 0.453. The Hall–Kier alpha value is -3.81. The summed E-state index contributed by atoms with van der Waals surface area (Å²) in [6, 6.07) is 7.93. The zero-order chi connectivity index (χ0) is 23.7. The molecule has 176 valence electrons. The molecule has 0 unspecified atom stereocenters. The van der Waals surface area contributed by atoms with Crippen molar-refractivity contribution in [3.63, 3.8) is 0 Å². The van der Waals surface area contributed by atoms with Crippen molar-refractivity contribution in [1.29, 1.82) is 0 Å². The Kier molecular flexibility index (Phi) is 5.73. The fourth-order valence-corrected chi connectivity index (χ4v) is 4.74. The number of amides is 1. The van der Waals surface area contributed by atoms with Gasteiger partial charge in [0.25, 0.3) is 0 Å². The molecule has 2 N–H and O–H groups in total. The number of pyridine rings is 1. The Morgan fingerprint density at radius 2 is 2.18 bits per heavy atom. The van der Waals surface area contributed by atoms with E-state index in [2.05, 4.69) is 45.9 Å². The van der Waals surface area contributed by atoms with Crippen LogP contribution in [0.1, 0.15) is 43.7 Å². The average Bonchev–Trinajstić information content (AvgIpc) is 3.60. The highest BCUT2D eigenvalue weighted by atomic mass is 16.6. The van der Waals surface area contributed by atoms with Gasteiger partial charge in [-0.1, -0.05) is 13.5 Å². The van der Waals surface area contributed by atoms with Crippen molar-refractivity contribution >= 4 is 29.1 Å². The highest BCUT2D eigenvalue weighted by molar-refractivity contribution is 5.95. The molecule has 1 aromatic heterocycles. The molecular formula is C26H29N5O3. The summed E-state index contributed by atoms with van der Waals surface area (Å²) in [5.41, 5.74) is 3.75. The summed E-state index contributed by atoms with van der Waals surface area (Å²) in [5.74, 6) is 3.05. The Labute approximate surface area is 199 Å². The number of ether oxygens (including phenoxy) is 2. The van der Waals surface area contributed by atoms with Crippen LogP contribution >= 0.6 is 0 Å². The lowest BCUT2D eigenvalue weighted by molar-refractivity contribution is -0.0271. The molecule has 0 bridgehead atoms. The zero-order valence-electron chi connectivity index (χ0n) is 19.6. The molecule has 1 fully saturated rings. The molecular weight excluding hydrogens is 430 g/mol. The predicted molar refractivity (Wildman–Crippen MR) is 133 cm³/mol. The van der Waals surface area contributed by atoms with E-state index in [9.17, 15) is 4.79 Å². The van der Waals surface area contributed by atoms with Gasteiger partial charge in [-0.05, 0) is 37.1 Å². The first kappa shape index (κ1) is 22.0. The van der Waals surface area contributed by atoms with Crippen LogP contribution in [0, 0.1) is 6.92 Å². The van der Waals surface area contributed by atoms with E-state index in [1.165, 1.54) is 11.3 Å². The molecule has 8 heteroatoms. The smallest absolute Gasteiger partial charge is 0.413 e. The van der Waals surface area contributed by atoms with Crippen LogP contribution < -0.4 is 15.4 Å². The molecule has 0 atom stereocenters. The third-order valence-electron chi connectivity index (χ3n) is 6.47. The van der Waals surface area contributed by atoms with E-state index in [0.29, 0.717) is 31.7 Å². The molecule has 2 aromatic rings. The van der Waals surface area contributed by atoms with Gasteiger partial charge in [0.05, 0.1) is 11.4 Å². The van der Waals surface area contributed by atoms with E-state index in [1.54, 1.807) is 12.4 Å². The number of carbonyl (C=O) groups is 1. The SMILES string of the molecule is C=CN=C(/C=C(\CCC)Oc1cc(C)c2c(c1)N2)N1CCC2(CC1)OC(=O)Nc1ncccc12. The Morgan fingerprint density at radius 3 is 2.91 bits per heavy atom. The van der Waals surface area contributed by atoms with Gasteiger partial charge in [-0.2, -0.15) is 0 Å². The normalized spacial score (nSPS) is 18.3. The molecule has 1 spiro atoms. The number of benzene rings is 1. The van der Waals surface area contributed by atoms with Gasteiger partial charge in [0.1, 0.15) is 28.8 Å². The van der Waals surface area contributed by atoms with Crippen LogP contribution in [0.2, 0.25) is 0 Å².